The van der Waals surface area contributed by atoms with Crippen LogP contribution in [0.2, 0.25) is 0 Å². The molecule has 1 atom stereocenters. The van der Waals surface area contributed by atoms with E-state index in [1.807, 2.05) is 56.3 Å². The minimum absolute atomic E-state index is 0.152. The summed E-state index contributed by atoms with van der Waals surface area (Å²) < 4.78 is 0. The molecule has 1 unspecified atom stereocenters. The van der Waals surface area contributed by atoms with Crippen LogP contribution in [0.5, 0.6) is 0 Å². The molecule has 164 valence electrons. The third-order valence-corrected chi connectivity index (χ3v) is 4.95. The van der Waals surface area contributed by atoms with E-state index in [0.29, 0.717) is 16.9 Å². The summed E-state index contributed by atoms with van der Waals surface area (Å²) in [6.07, 6.45) is 0. The number of nitrogens with one attached hydrogen (secondary N) is 2. The van der Waals surface area contributed by atoms with Crippen LogP contribution in [0.1, 0.15) is 39.2 Å². The topological polar surface area (TPSA) is 105 Å². The fourth-order valence-corrected chi connectivity index (χ4v) is 3.25. The van der Waals surface area contributed by atoms with E-state index in [2.05, 4.69) is 10.6 Å². The highest BCUT2D eigenvalue weighted by atomic mass is 16.6. The molecule has 0 aliphatic rings. The van der Waals surface area contributed by atoms with E-state index < -0.39 is 10.8 Å². The average Bonchev–Trinajstić information content (AvgIpc) is 2.79. The number of anilines is 2. The molecule has 32 heavy (non-hydrogen) atoms. The van der Waals surface area contributed by atoms with Gasteiger partial charge in [0.05, 0.1) is 16.5 Å². The number of carbonyl (C=O) groups is 2. The quantitative estimate of drug-likeness (QED) is 0.425. The number of hydrogen-bond acceptors (Lipinski definition) is 5. The lowest BCUT2D eigenvalue weighted by atomic mass is 10.1. The van der Waals surface area contributed by atoms with Gasteiger partial charge >= 0.3 is 0 Å². The molecule has 0 spiro atoms. The Kier molecular flexibility index (Phi) is 6.84. The van der Waals surface area contributed by atoms with Crippen molar-refractivity contribution in [2.24, 2.45) is 0 Å². The van der Waals surface area contributed by atoms with E-state index in [-0.39, 0.29) is 23.2 Å². The highest BCUT2D eigenvalue weighted by Crippen LogP contribution is 2.25. The first-order chi connectivity index (χ1) is 15.3. The molecule has 0 aromatic heterocycles. The van der Waals surface area contributed by atoms with Crippen LogP contribution in [0, 0.1) is 10.1 Å². The zero-order valence-electron chi connectivity index (χ0n) is 18.0. The first-order valence-electron chi connectivity index (χ1n) is 9.99. The minimum atomic E-state index is -0.557. The third kappa shape index (κ3) is 5.28. The maximum atomic E-state index is 13.1. The summed E-state index contributed by atoms with van der Waals surface area (Å²) in [5, 5.41) is 16.7. The number of amides is 2. The second-order valence-electron chi connectivity index (χ2n) is 7.49. The Balaban J connectivity index is 1.84. The number of non-ortho nitro benzene ring substituents is 1. The van der Waals surface area contributed by atoms with Crippen LogP contribution >= 0.6 is 0 Å². The number of rotatable bonds is 7. The third-order valence-electron chi connectivity index (χ3n) is 4.95. The van der Waals surface area contributed by atoms with Gasteiger partial charge < -0.3 is 15.5 Å². The minimum Gasteiger partial charge on any atom is -0.377 e. The number of nitro groups is 1. The van der Waals surface area contributed by atoms with E-state index in [1.165, 1.54) is 24.3 Å². The number of nitro benzene ring substituents is 1. The SMILES string of the molecule is CC(NC(=O)c1cc(NC(=O)c2cccc([N+](=O)[O-])c2)ccc1N(C)C)c1ccccc1. The van der Waals surface area contributed by atoms with E-state index >= 15 is 0 Å². The molecule has 0 fully saturated rings. The number of benzene rings is 3. The molecular weight excluding hydrogens is 408 g/mol. The van der Waals surface area contributed by atoms with Gasteiger partial charge in [0, 0.05) is 43.2 Å². The van der Waals surface area contributed by atoms with Crippen LogP contribution in [0.25, 0.3) is 0 Å². The van der Waals surface area contributed by atoms with Crippen LogP contribution in [-0.4, -0.2) is 30.8 Å². The zero-order chi connectivity index (χ0) is 23.3. The molecular formula is C24H24N4O4. The van der Waals surface area contributed by atoms with Gasteiger partial charge in [-0.2, -0.15) is 0 Å². The second kappa shape index (κ2) is 9.74. The molecule has 0 saturated heterocycles. The van der Waals surface area contributed by atoms with Crippen molar-refractivity contribution in [3.05, 3.63) is 99.6 Å². The van der Waals surface area contributed by atoms with Gasteiger partial charge in [0.15, 0.2) is 0 Å². The highest BCUT2D eigenvalue weighted by molar-refractivity contribution is 6.06. The summed E-state index contributed by atoms with van der Waals surface area (Å²) in [5.74, 6) is -0.785. The average molecular weight is 432 g/mol. The Labute approximate surface area is 186 Å². The van der Waals surface area contributed by atoms with Crippen LogP contribution in [-0.2, 0) is 0 Å². The zero-order valence-corrected chi connectivity index (χ0v) is 18.0. The molecule has 0 saturated carbocycles. The van der Waals surface area contributed by atoms with Crippen molar-refractivity contribution in [3.63, 3.8) is 0 Å². The van der Waals surface area contributed by atoms with Gasteiger partial charge in [0.2, 0.25) is 0 Å². The Hall–Kier alpha value is -4.20. The smallest absolute Gasteiger partial charge is 0.270 e. The second-order valence-corrected chi connectivity index (χ2v) is 7.49. The molecule has 0 aliphatic carbocycles. The lowest BCUT2D eigenvalue weighted by Crippen LogP contribution is -2.28. The summed E-state index contributed by atoms with van der Waals surface area (Å²) in [7, 11) is 3.65. The molecule has 8 heteroatoms. The molecule has 3 rings (SSSR count). The lowest BCUT2D eigenvalue weighted by molar-refractivity contribution is -0.384. The van der Waals surface area contributed by atoms with Gasteiger partial charge in [0.25, 0.3) is 17.5 Å². The molecule has 8 nitrogen and oxygen atoms in total. The van der Waals surface area contributed by atoms with E-state index in [1.54, 1.807) is 18.2 Å². The molecule has 2 amide bonds. The Morgan fingerprint density at radius 2 is 1.66 bits per heavy atom. The van der Waals surface area contributed by atoms with E-state index in [0.717, 1.165) is 5.56 Å². The maximum absolute atomic E-state index is 13.1. The molecule has 0 heterocycles. The molecule has 3 aromatic carbocycles. The van der Waals surface area contributed by atoms with E-state index in [9.17, 15) is 19.7 Å². The van der Waals surface area contributed by atoms with Crippen molar-refractivity contribution in [1.82, 2.24) is 5.32 Å². The summed E-state index contributed by atoms with van der Waals surface area (Å²) in [5.41, 5.74) is 2.45. The molecule has 0 bridgehead atoms. The lowest BCUT2D eigenvalue weighted by Gasteiger charge is -2.20. The van der Waals surface area contributed by atoms with Crippen molar-refractivity contribution in [1.29, 1.82) is 0 Å². The van der Waals surface area contributed by atoms with Gasteiger partial charge in [-0.3, -0.25) is 19.7 Å². The summed E-state index contributed by atoms with van der Waals surface area (Å²) in [4.78, 5) is 37.9. The largest absolute Gasteiger partial charge is 0.377 e. The molecule has 0 radical (unpaired) electrons. The fraction of sp³-hybridized carbons (Fsp3) is 0.167. The first-order valence-corrected chi connectivity index (χ1v) is 9.99. The number of carbonyl (C=O) groups excluding carboxylic acids is 2. The maximum Gasteiger partial charge on any atom is 0.270 e. The predicted octanol–water partition coefficient (Wildman–Crippen LogP) is 4.40. The summed E-state index contributed by atoms with van der Waals surface area (Å²) >= 11 is 0. The van der Waals surface area contributed by atoms with Gasteiger partial charge in [-0.15, -0.1) is 0 Å². The van der Waals surface area contributed by atoms with Gasteiger partial charge in [-0.25, -0.2) is 0 Å². The molecule has 3 aromatic rings. The van der Waals surface area contributed by atoms with Crippen molar-refractivity contribution < 1.29 is 14.5 Å². The van der Waals surface area contributed by atoms with Crippen LogP contribution < -0.4 is 15.5 Å². The fourth-order valence-electron chi connectivity index (χ4n) is 3.25. The molecule has 0 aliphatic heterocycles. The Morgan fingerprint density at radius 1 is 0.938 bits per heavy atom. The van der Waals surface area contributed by atoms with Crippen molar-refractivity contribution in [2.75, 3.05) is 24.3 Å². The van der Waals surface area contributed by atoms with E-state index in [4.69, 9.17) is 0 Å². The first kappa shape index (κ1) is 22.5. The van der Waals surface area contributed by atoms with Crippen LogP contribution in [0.3, 0.4) is 0 Å². The van der Waals surface area contributed by atoms with Crippen molar-refractivity contribution in [2.45, 2.75) is 13.0 Å². The van der Waals surface area contributed by atoms with Crippen LogP contribution in [0.4, 0.5) is 17.1 Å². The summed E-state index contributed by atoms with van der Waals surface area (Å²) in [6.45, 7) is 1.90. The number of hydrogen-bond donors (Lipinski definition) is 2. The molecule has 2 N–H and O–H groups in total. The van der Waals surface area contributed by atoms with Crippen molar-refractivity contribution >= 4 is 28.9 Å². The van der Waals surface area contributed by atoms with Crippen molar-refractivity contribution in [3.8, 4) is 0 Å². The Morgan fingerprint density at radius 3 is 2.31 bits per heavy atom. The monoisotopic (exact) mass is 432 g/mol. The van der Waals surface area contributed by atoms with Crippen LogP contribution in [0.15, 0.2) is 72.8 Å². The van der Waals surface area contributed by atoms with Gasteiger partial charge in [0.1, 0.15) is 0 Å². The highest BCUT2D eigenvalue weighted by Gasteiger charge is 2.18. The predicted molar refractivity (Wildman–Crippen MR) is 124 cm³/mol. The standard InChI is InChI=1S/C24H24N4O4/c1-16(17-8-5-4-6-9-17)25-24(30)21-15-19(12-13-22(21)27(2)3)26-23(29)18-10-7-11-20(14-18)28(31)32/h4-16H,1-3H3,(H,25,30)(H,26,29). The normalized spacial score (nSPS) is 11.3. The van der Waals surface area contributed by atoms with Gasteiger partial charge in [-0.1, -0.05) is 36.4 Å². The summed E-state index contributed by atoms with van der Waals surface area (Å²) in [6, 6.07) is 19.9. The number of nitrogens with zero attached hydrogens (tertiary/aromatic N) is 2. The van der Waals surface area contributed by atoms with Gasteiger partial charge in [-0.05, 0) is 36.8 Å². The Bertz CT molecular complexity index is 1150.